The number of rotatable bonds is 9. The zero-order chi connectivity index (χ0) is 22.5. The van der Waals surface area contributed by atoms with Crippen LogP contribution in [0, 0.1) is 6.92 Å². The van der Waals surface area contributed by atoms with E-state index in [1.54, 1.807) is 6.20 Å². The van der Waals surface area contributed by atoms with Crippen molar-refractivity contribution in [2.75, 3.05) is 49.9 Å². The van der Waals surface area contributed by atoms with Crippen molar-refractivity contribution >= 4 is 39.3 Å². The Morgan fingerprint density at radius 2 is 2.16 bits per heavy atom. The third kappa shape index (κ3) is 5.58. The molecule has 1 unspecified atom stereocenters. The van der Waals surface area contributed by atoms with Gasteiger partial charge in [-0.1, -0.05) is 6.92 Å². The van der Waals surface area contributed by atoms with E-state index in [1.807, 2.05) is 11.8 Å². The molecule has 0 aromatic carbocycles. The maximum absolute atomic E-state index is 11.9. The van der Waals surface area contributed by atoms with Crippen molar-refractivity contribution in [3.63, 3.8) is 0 Å². The molecule has 4 heterocycles. The van der Waals surface area contributed by atoms with E-state index >= 15 is 0 Å². The fourth-order valence-electron chi connectivity index (χ4n) is 4.35. The van der Waals surface area contributed by atoms with E-state index in [2.05, 4.69) is 59.2 Å². The number of aryl methyl sites for hydroxylation is 1. The first-order valence-electron chi connectivity index (χ1n) is 11.6. The molecule has 0 bridgehead atoms. The Bertz CT molecular complexity index is 933. The zero-order valence-electron chi connectivity index (χ0n) is 19.0. The number of nitrogens with zero attached hydrogens (tertiary/aromatic N) is 6. The summed E-state index contributed by atoms with van der Waals surface area (Å²) in [5.41, 5.74) is 1.86. The third-order valence-corrected chi connectivity index (χ3v) is 6.87. The lowest BCUT2D eigenvalue weighted by Gasteiger charge is -2.26. The van der Waals surface area contributed by atoms with Gasteiger partial charge in [-0.2, -0.15) is 10.1 Å². The van der Waals surface area contributed by atoms with Gasteiger partial charge in [-0.05, 0) is 55.1 Å². The van der Waals surface area contributed by atoms with Gasteiger partial charge < -0.3 is 20.4 Å². The van der Waals surface area contributed by atoms with Crippen LogP contribution in [-0.2, 0) is 4.79 Å². The van der Waals surface area contributed by atoms with Crippen LogP contribution in [0.25, 0.3) is 0 Å². The highest BCUT2D eigenvalue weighted by Crippen LogP contribution is 2.26. The van der Waals surface area contributed by atoms with Crippen molar-refractivity contribution in [2.45, 2.75) is 52.0 Å². The topological polar surface area (TPSA) is 91.2 Å². The van der Waals surface area contributed by atoms with Crippen LogP contribution in [0.15, 0.2) is 16.9 Å². The minimum Gasteiger partial charge on any atom is -0.369 e. The van der Waals surface area contributed by atoms with Crippen molar-refractivity contribution in [3.8, 4) is 0 Å². The second kappa shape index (κ2) is 10.6. The van der Waals surface area contributed by atoms with Gasteiger partial charge in [0, 0.05) is 51.5 Å². The van der Waals surface area contributed by atoms with Gasteiger partial charge in [0.2, 0.25) is 11.9 Å². The Labute approximate surface area is 198 Å². The van der Waals surface area contributed by atoms with Crippen molar-refractivity contribution in [1.29, 1.82) is 0 Å². The molecule has 0 radical (unpaired) electrons. The van der Waals surface area contributed by atoms with E-state index in [0.29, 0.717) is 18.4 Å². The second-order valence-electron chi connectivity index (χ2n) is 8.58. The molecular weight excluding hydrogens is 472 g/mol. The quantitative estimate of drug-likeness (QED) is 0.504. The van der Waals surface area contributed by atoms with E-state index in [0.717, 1.165) is 86.6 Å². The highest BCUT2D eigenvalue weighted by atomic mass is 79.9. The van der Waals surface area contributed by atoms with E-state index in [9.17, 15) is 4.79 Å². The number of hydrogen-bond donors (Lipinski definition) is 2. The Balaban J connectivity index is 1.33. The number of hydrogen-bond acceptors (Lipinski definition) is 7. The lowest BCUT2D eigenvalue weighted by atomic mass is 10.1. The number of nitrogens with one attached hydrogen (secondary N) is 2. The first kappa shape index (κ1) is 23.0. The molecule has 10 heteroatoms. The van der Waals surface area contributed by atoms with E-state index in [-0.39, 0.29) is 5.91 Å². The summed E-state index contributed by atoms with van der Waals surface area (Å²) in [6.45, 7) is 9.87. The standard InChI is InChI=1S/C22H33BrN8O/c1-3-29-12-8-17(14-29)31-15-19(16(2)28-31)26-22-25-13-18(23)21(27-22)24-9-6-11-30-10-5-4-7-20(30)32/h13,15,17H,3-12,14H2,1-2H3,(H2,24,25,26,27). The predicted octanol–water partition coefficient (Wildman–Crippen LogP) is 3.57. The van der Waals surface area contributed by atoms with Gasteiger partial charge >= 0.3 is 0 Å². The van der Waals surface area contributed by atoms with Crippen LogP contribution in [-0.4, -0.2) is 74.7 Å². The molecule has 2 aliphatic heterocycles. The van der Waals surface area contributed by atoms with Gasteiger partial charge in [-0.25, -0.2) is 4.98 Å². The maximum atomic E-state index is 11.9. The summed E-state index contributed by atoms with van der Waals surface area (Å²) >= 11 is 3.53. The van der Waals surface area contributed by atoms with Crippen LogP contribution >= 0.6 is 15.9 Å². The summed E-state index contributed by atoms with van der Waals surface area (Å²) in [4.78, 5) is 25.4. The van der Waals surface area contributed by atoms with Crippen LogP contribution in [0.2, 0.25) is 0 Å². The smallest absolute Gasteiger partial charge is 0.229 e. The van der Waals surface area contributed by atoms with Crippen molar-refractivity contribution in [1.82, 2.24) is 29.5 Å². The molecule has 1 atom stereocenters. The molecule has 2 aliphatic rings. The number of carbonyl (C=O) groups excluding carboxylic acids is 1. The molecule has 1 amide bonds. The second-order valence-corrected chi connectivity index (χ2v) is 9.43. The normalized spacial score (nSPS) is 19.5. The fourth-order valence-corrected chi connectivity index (χ4v) is 4.68. The van der Waals surface area contributed by atoms with E-state index in [4.69, 9.17) is 5.10 Å². The highest BCUT2D eigenvalue weighted by Gasteiger charge is 2.24. The minimum absolute atomic E-state index is 0.280. The number of anilines is 3. The van der Waals surface area contributed by atoms with Gasteiger partial charge in [0.05, 0.1) is 21.9 Å². The maximum Gasteiger partial charge on any atom is 0.229 e. The van der Waals surface area contributed by atoms with Gasteiger partial charge in [0.1, 0.15) is 5.82 Å². The molecule has 0 saturated carbocycles. The summed E-state index contributed by atoms with van der Waals surface area (Å²) in [6, 6.07) is 0.416. The lowest BCUT2D eigenvalue weighted by molar-refractivity contribution is -0.133. The molecule has 0 spiro atoms. The van der Waals surface area contributed by atoms with Crippen LogP contribution in [0.5, 0.6) is 0 Å². The molecule has 2 aromatic heterocycles. The highest BCUT2D eigenvalue weighted by molar-refractivity contribution is 9.10. The van der Waals surface area contributed by atoms with Crippen LogP contribution in [0.1, 0.15) is 50.8 Å². The minimum atomic E-state index is 0.280. The monoisotopic (exact) mass is 504 g/mol. The van der Waals surface area contributed by atoms with E-state index in [1.165, 1.54) is 0 Å². The Hall–Kier alpha value is -2.20. The predicted molar refractivity (Wildman–Crippen MR) is 129 cm³/mol. The molecule has 2 aromatic rings. The average molecular weight is 505 g/mol. The Morgan fingerprint density at radius 1 is 1.28 bits per heavy atom. The first-order valence-corrected chi connectivity index (χ1v) is 12.4. The lowest BCUT2D eigenvalue weighted by Crippen LogP contribution is -2.36. The molecule has 2 saturated heterocycles. The summed E-state index contributed by atoms with van der Waals surface area (Å²) in [7, 11) is 0. The summed E-state index contributed by atoms with van der Waals surface area (Å²) in [5, 5.41) is 11.4. The Kier molecular flexibility index (Phi) is 7.62. The molecule has 2 fully saturated rings. The molecular formula is C22H33BrN8O. The van der Waals surface area contributed by atoms with Crippen molar-refractivity contribution in [3.05, 3.63) is 22.6 Å². The SMILES string of the molecule is CCN1CCC(n2cc(Nc3ncc(Br)c(NCCCN4CCCCC4=O)n3)c(C)n2)C1. The number of carbonyl (C=O) groups is 1. The molecule has 2 N–H and O–H groups in total. The summed E-state index contributed by atoms with van der Waals surface area (Å²) < 4.78 is 2.89. The first-order chi connectivity index (χ1) is 15.5. The number of likely N-dealkylation sites (N-methyl/N-ethyl adjacent to an activating group) is 1. The molecule has 9 nitrogen and oxygen atoms in total. The van der Waals surface area contributed by atoms with Gasteiger partial charge in [0.25, 0.3) is 0 Å². The van der Waals surface area contributed by atoms with Gasteiger partial charge in [-0.3, -0.25) is 9.48 Å². The number of halogens is 1. The Morgan fingerprint density at radius 3 is 2.94 bits per heavy atom. The van der Waals surface area contributed by atoms with Gasteiger partial charge in [0.15, 0.2) is 0 Å². The zero-order valence-corrected chi connectivity index (χ0v) is 20.6. The average Bonchev–Trinajstić information content (AvgIpc) is 3.41. The summed E-state index contributed by atoms with van der Waals surface area (Å²) in [5.74, 6) is 1.56. The van der Waals surface area contributed by atoms with Crippen molar-refractivity contribution < 1.29 is 4.79 Å². The molecule has 174 valence electrons. The third-order valence-electron chi connectivity index (χ3n) is 6.29. The molecule has 32 heavy (non-hydrogen) atoms. The van der Waals surface area contributed by atoms with Crippen LogP contribution in [0.3, 0.4) is 0 Å². The van der Waals surface area contributed by atoms with Gasteiger partial charge in [-0.15, -0.1) is 0 Å². The number of likely N-dealkylation sites (tertiary alicyclic amines) is 2. The molecule has 0 aliphatic carbocycles. The fraction of sp³-hybridized carbons (Fsp3) is 0.636. The molecule has 4 rings (SSSR count). The summed E-state index contributed by atoms with van der Waals surface area (Å²) in [6.07, 6.45) is 8.64. The number of piperidine rings is 1. The van der Waals surface area contributed by atoms with E-state index < -0.39 is 0 Å². The van der Waals surface area contributed by atoms with Crippen LogP contribution < -0.4 is 10.6 Å². The van der Waals surface area contributed by atoms with Crippen molar-refractivity contribution in [2.24, 2.45) is 0 Å². The number of amides is 1. The largest absolute Gasteiger partial charge is 0.369 e. The van der Waals surface area contributed by atoms with Crippen LogP contribution in [0.4, 0.5) is 17.5 Å². The number of aromatic nitrogens is 4.